The summed E-state index contributed by atoms with van der Waals surface area (Å²) in [5.41, 5.74) is 11.1. The van der Waals surface area contributed by atoms with Gasteiger partial charge in [-0.15, -0.1) is 0 Å². The van der Waals surface area contributed by atoms with Crippen molar-refractivity contribution in [1.82, 2.24) is 10.6 Å². The second-order valence-electron chi connectivity index (χ2n) is 8.87. The van der Waals surface area contributed by atoms with Gasteiger partial charge in [-0.25, -0.2) is 4.99 Å². The molecular weight excluding hydrogens is 404 g/mol. The molecule has 1 aromatic rings. The first kappa shape index (κ1) is 22.5. The van der Waals surface area contributed by atoms with Gasteiger partial charge < -0.3 is 16.4 Å². The summed E-state index contributed by atoms with van der Waals surface area (Å²) >= 11 is 6.36. The largest absolute Gasteiger partial charge is 0.347 e. The van der Waals surface area contributed by atoms with Crippen LogP contribution in [0.5, 0.6) is 0 Å². The van der Waals surface area contributed by atoms with Crippen LogP contribution >= 0.6 is 11.6 Å². The van der Waals surface area contributed by atoms with Crippen LogP contribution in [0, 0.1) is 22.0 Å². The van der Waals surface area contributed by atoms with Crippen molar-refractivity contribution in [2.45, 2.75) is 57.2 Å². The minimum absolute atomic E-state index is 0.121. The monoisotopic (exact) mass is 434 g/mol. The van der Waals surface area contributed by atoms with E-state index in [2.05, 4.69) is 15.6 Å². The maximum atomic E-state index is 11.7. The molecule has 1 aliphatic carbocycles. The Morgan fingerprint density at radius 3 is 2.53 bits per heavy atom. The van der Waals surface area contributed by atoms with Gasteiger partial charge in [-0.2, -0.15) is 0 Å². The van der Waals surface area contributed by atoms with Gasteiger partial charge in [-0.3, -0.25) is 15.8 Å². The summed E-state index contributed by atoms with van der Waals surface area (Å²) in [6.45, 7) is 4.63. The van der Waals surface area contributed by atoms with Crippen molar-refractivity contribution in [3.8, 4) is 0 Å². The number of nitrogens with two attached hydrogens (primary N) is 2. The standard InChI is InChI=1S/C21H31ClN6O2/c1-20(2,16-5-3-4-6-17(16)22)26-19-25-13-18(28(29)30)21(24,27-19)11-14-7-9-15(12-23)10-8-14/h3-6,13-15H,7-12,23-24H2,1-2H3,(H2,25,26,27). The Hall–Kier alpha value is -2.16. The fraction of sp³-hybridized carbons (Fsp3) is 0.571. The summed E-state index contributed by atoms with van der Waals surface area (Å²) in [5, 5.41) is 18.5. The third-order valence-electron chi connectivity index (χ3n) is 6.17. The molecule has 164 valence electrons. The van der Waals surface area contributed by atoms with Crippen LogP contribution in [0.3, 0.4) is 0 Å². The molecule has 0 spiro atoms. The van der Waals surface area contributed by atoms with E-state index in [0.29, 0.717) is 29.9 Å². The molecule has 0 saturated heterocycles. The van der Waals surface area contributed by atoms with E-state index in [1.807, 2.05) is 38.1 Å². The van der Waals surface area contributed by atoms with Gasteiger partial charge in [0.05, 0.1) is 16.7 Å². The molecular formula is C21H31ClN6O2. The Balaban J connectivity index is 1.81. The lowest BCUT2D eigenvalue weighted by atomic mass is 9.77. The second kappa shape index (κ2) is 8.91. The highest BCUT2D eigenvalue weighted by Gasteiger charge is 2.44. The minimum Gasteiger partial charge on any atom is -0.347 e. The first-order chi connectivity index (χ1) is 14.1. The maximum Gasteiger partial charge on any atom is 0.303 e. The molecule has 2 aliphatic rings. The van der Waals surface area contributed by atoms with Crippen LogP contribution in [-0.4, -0.2) is 23.1 Å². The third kappa shape index (κ3) is 4.94. The number of benzene rings is 1. The number of halogens is 1. The quantitative estimate of drug-likeness (QED) is 0.402. The zero-order valence-electron chi connectivity index (χ0n) is 17.5. The molecule has 0 radical (unpaired) electrons. The SMILES string of the molecule is CC(C)(NC1=NC(N)(CC2CCC(CN)CC2)C([N+](=O)[O-])=CN1)c1ccccc1Cl. The molecule has 1 aromatic carbocycles. The number of nitrogens with zero attached hydrogens (tertiary/aromatic N) is 2. The molecule has 1 unspecified atom stereocenters. The lowest BCUT2D eigenvalue weighted by molar-refractivity contribution is -0.436. The highest BCUT2D eigenvalue weighted by Crippen LogP contribution is 2.36. The van der Waals surface area contributed by atoms with E-state index in [-0.39, 0.29) is 11.6 Å². The maximum absolute atomic E-state index is 11.7. The van der Waals surface area contributed by atoms with Crippen LogP contribution in [-0.2, 0) is 5.54 Å². The lowest BCUT2D eigenvalue weighted by Crippen LogP contribution is -2.55. The van der Waals surface area contributed by atoms with Gasteiger partial charge in [0, 0.05) is 5.02 Å². The molecule has 9 heteroatoms. The molecule has 0 bridgehead atoms. The van der Waals surface area contributed by atoms with Crippen molar-refractivity contribution >= 4 is 17.6 Å². The zero-order valence-corrected chi connectivity index (χ0v) is 18.3. The number of nitro groups is 1. The average molecular weight is 435 g/mol. The zero-order chi connectivity index (χ0) is 21.9. The molecule has 1 saturated carbocycles. The van der Waals surface area contributed by atoms with Crippen molar-refractivity contribution in [2.24, 2.45) is 28.3 Å². The topological polar surface area (TPSA) is 132 Å². The molecule has 1 atom stereocenters. The smallest absolute Gasteiger partial charge is 0.303 e. The number of guanidine groups is 1. The number of hydrogen-bond acceptors (Lipinski definition) is 7. The molecule has 1 fully saturated rings. The predicted molar refractivity (Wildman–Crippen MR) is 119 cm³/mol. The van der Waals surface area contributed by atoms with E-state index >= 15 is 0 Å². The van der Waals surface area contributed by atoms with Gasteiger partial charge in [-0.05, 0) is 76.0 Å². The van der Waals surface area contributed by atoms with E-state index in [4.69, 9.17) is 23.1 Å². The number of nitrogens with one attached hydrogen (secondary N) is 2. The fourth-order valence-corrected chi connectivity index (χ4v) is 4.79. The highest BCUT2D eigenvalue weighted by atomic mass is 35.5. The van der Waals surface area contributed by atoms with Crippen LogP contribution in [0.15, 0.2) is 41.2 Å². The minimum atomic E-state index is -1.39. The normalized spacial score (nSPS) is 27.0. The van der Waals surface area contributed by atoms with Gasteiger partial charge in [0.25, 0.3) is 0 Å². The molecule has 3 rings (SSSR count). The van der Waals surface area contributed by atoms with Crippen LogP contribution in [0.25, 0.3) is 0 Å². The molecule has 1 heterocycles. The van der Waals surface area contributed by atoms with Crippen molar-refractivity contribution < 1.29 is 4.92 Å². The van der Waals surface area contributed by atoms with E-state index in [1.165, 1.54) is 6.20 Å². The van der Waals surface area contributed by atoms with Gasteiger partial charge in [0.2, 0.25) is 5.66 Å². The van der Waals surface area contributed by atoms with Gasteiger partial charge in [0.15, 0.2) is 5.96 Å². The van der Waals surface area contributed by atoms with Crippen LogP contribution < -0.4 is 22.1 Å². The van der Waals surface area contributed by atoms with Crippen molar-refractivity contribution in [3.05, 3.63) is 56.9 Å². The molecule has 6 N–H and O–H groups in total. The summed E-state index contributed by atoms with van der Waals surface area (Å²) in [5.74, 6) is 1.20. The molecule has 8 nitrogen and oxygen atoms in total. The van der Waals surface area contributed by atoms with E-state index < -0.39 is 16.1 Å². The molecule has 0 amide bonds. The number of rotatable bonds is 6. The summed E-state index contributed by atoms with van der Waals surface area (Å²) in [6, 6.07) is 7.54. The van der Waals surface area contributed by atoms with E-state index in [1.54, 1.807) is 0 Å². The third-order valence-corrected chi connectivity index (χ3v) is 6.50. The van der Waals surface area contributed by atoms with Gasteiger partial charge in [-0.1, -0.05) is 29.8 Å². The Morgan fingerprint density at radius 2 is 1.93 bits per heavy atom. The first-order valence-corrected chi connectivity index (χ1v) is 10.8. The molecule has 1 aliphatic heterocycles. The van der Waals surface area contributed by atoms with Crippen molar-refractivity contribution in [2.75, 3.05) is 6.54 Å². The van der Waals surface area contributed by atoms with Crippen molar-refractivity contribution in [3.63, 3.8) is 0 Å². The number of aliphatic imine (C=N–C) groups is 1. The van der Waals surface area contributed by atoms with Gasteiger partial charge in [0.1, 0.15) is 0 Å². The van der Waals surface area contributed by atoms with Crippen LogP contribution in [0.1, 0.15) is 51.5 Å². The summed E-state index contributed by atoms with van der Waals surface area (Å²) in [7, 11) is 0. The average Bonchev–Trinajstić information content (AvgIpc) is 2.68. The lowest BCUT2D eigenvalue weighted by Gasteiger charge is -2.36. The Labute approximate surface area is 182 Å². The van der Waals surface area contributed by atoms with E-state index in [9.17, 15) is 10.1 Å². The molecule has 30 heavy (non-hydrogen) atoms. The molecule has 0 aromatic heterocycles. The highest BCUT2D eigenvalue weighted by molar-refractivity contribution is 6.31. The van der Waals surface area contributed by atoms with Gasteiger partial charge >= 0.3 is 5.70 Å². The summed E-state index contributed by atoms with van der Waals surface area (Å²) in [6.07, 6.45) is 5.76. The second-order valence-corrected chi connectivity index (χ2v) is 9.28. The van der Waals surface area contributed by atoms with Crippen molar-refractivity contribution in [1.29, 1.82) is 0 Å². The predicted octanol–water partition coefficient (Wildman–Crippen LogP) is 3.05. The van der Waals surface area contributed by atoms with Crippen LogP contribution in [0.2, 0.25) is 5.02 Å². The Kier molecular flexibility index (Phi) is 6.69. The fourth-order valence-electron chi connectivity index (χ4n) is 4.42. The first-order valence-electron chi connectivity index (χ1n) is 10.4. The Morgan fingerprint density at radius 1 is 1.30 bits per heavy atom. The summed E-state index contributed by atoms with van der Waals surface area (Å²) in [4.78, 5) is 15.8. The Bertz CT molecular complexity index is 848. The summed E-state index contributed by atoms with van der Waals surface area (Å²) < 4.78 is 0. The number of hydrogen-bond donors (Lipinski definition) is 4. The van der Waals surface area contributed by atoms with Crippen LogP contribution in [0.4, 0.5) is 0 Å². The van der Waals surface area contributed by atoms with E-state index in [0.717, 1.165) is 31.2 Å².